The third kappa shape index (κ3) is 3.86. The van der Waals surface area contributed by atoms with Crippen molar-refractivity contribution in [2.75, 3.05) is 6.54 Å². The number of halogens is 3. The van der Waals surface area contributed by atoms with Crippen molar-refractivity contribution >= 4 is 27.3 Å². The van der Waals surface area contributed by atoms with E-state index in [1.165, 1.54) is 11.3 Å². The van der Waals surface area contributed by atoms with Gasteiger partial charge in [0.05, 0.1) is 12.1 Å². The Balaban J connectivity index is 1.69. The number of fused-ring (bicyclic) bond motifs is 1. The van der Waals surface area contributed by atoms with Crippen molar-refractivity contribution in [1.29, 1.82) is 0 Å². The van der Waals surface area contributed by atoms with E-state index in [1.54, 1.807) is 6.92 Å². The summed E-state index contributed by atoms with van der Waals surface area (Å²) in [5.74, 6) is -0.604. The van der Waals surface area contributed by atoms with Gasteiger partial charge in [-0.3, -0.25) is 9.78 Å². The van der Waals surface area contributed by atoms with Crippen molar-refractivity contribution in [3.05, 3.63) is 64.8 Å². The van der Waals surface area contributed by atoms with E-state index in [9.17, 15) is 23.1 Å². The zero-order valence-electron chi connectivity index (χ0n) is 13.7. The van der Waals surface area contributed by atoms with E-state index < -0.39 is 23.4 Å². The molecule has 0 aliphatic heterocycles. The molecule has 0 unspecified atom stereocenters. The number of pyridine rings is 1. The van der Waals surface area contributed by atoms with Crippen molar-refractivity contribution in [3.63, 3.8) is 0 Å². The second-order valence-corrected chi connectivity index (χ2v) is 7.12. The van der Waals surface area contributed by atoms with Crippen LogP contribution in [-0.4, -0.2) is 22.5 Å². The average molecular weight is 380 g/mol. The summed E-state index contributed by atoms with van der Waals surface area (Å²) < 4.78 is 38.5. The molecule has 136 valence electrons. The van der Waals surface area contributed by atoms with Gasteiger partial charge in [0.15, 0.2) is 0 Å². The smallest absolute Gasteiger partial charge is 0.383 e. The van der Waals surface area contributed by atoms with Gasteiger partial charge < -0.3 is 10.4 Å². The highest BCUT2D eigenvalue weighted by atomic mass is 32.1. The van der Waals surface area contributed by atoms with Crippen LogP contribution in [0.5, 0.6) is 0 Å². The van der Waals surface area contributed by atoms with Crippen LogP contribution >= 0.6 is 11.3 Å². The first-order chi connectivity index (χ1) is 12.2. The van der Waals surface area contributed by atoms with E-state index in [4.69, 9.17) is 0 Å². The molecule has 1 aromatic carbocycles. The van der Waals surface area contributed by atoms with Crippen LogP contribution in [0.15, 0.2) is 48.7 Å². The van der Waals surface area contributed by atoms with Gasteiger partial charge in [0.2, 0.25) is 0 Å². The molecule has 0 bridgehead atoms. The van der Waals surface area contributed by atoms with Crippen LogP contribution in [0.25, 0.3) is 10.1 Å². The molecular weight excluding hydrogens is 365 g/mol. The van der Waals surface area contributed by atoms with Crippen LogP contribution in [0.1, 0.15) is 27.9 Å². The van der Waals surface area contributed by atoms with Crippen molar-refractivity contribution in [1.82, 2.24) is 10.3 Å². The van der Waals surface area contributed by atoms with Gasteiger partial charge in [-0.25, -0.2) is 0 Å². The monoisotopic (exact) mass is 380 g/mol. The number of benzene rings is 1. The molecule has 8 heteroatoms. The van der Waals surface area contributed by atoms with Gasteiger partial charge in [-0.2, -0.15) is 13.2 Å². The van der Waals surface area contributed by atoms with Gasteiger partial charge in [-0.1, -0.05) is 18.2 Å². The molecule has 3 aromatic rings. The summed E-state index contributed by atoms with van der Waals surface area (Å²) in [5.41, 5.74) is -2.38. The molecule has 0 saturated heterocycles. The van der Waals surface area contributed by atoms with Crippen LogP contribution in [-0.2, 0) is 11.8 Å². The van der Waals surface area contributed by atoms with E-state index in [0.717, 1.165) is 28.4 Å². The quantitative estimate of drug-likeness (QED) is 0.720. The Labute approximate surface area is 151 Å². The molecule has 0 aliphatic carbocycles. The second kappa shape index (κ2) is 6.69. The zero-order chi connectivity index (χ0) is 18.9. The normalized spacial score (nSPS) is 14.2. The number of carbonyl (C=O) groups excluding carboxylic acids is 1. The summed E-state index contributed by atoms with van der Waals surface area (Å²) in [4.78, 5) is 16.1. The third-order valence-corrected chi connectivity index (χ3v) is 5.23. The first-order valence-corrected chi connectivity index (χ1v) is 8.51. The Bertz CT molecular complexity index is 901. The molecule has 2 heterocycles. The Morgan fingerprint density at radius 3 is 2.58 bits per heavy atom. The highest BCUT2D eigenvalue weighted by Crippen LogP contribution is 2.33. The maximum absolute atomic E-state index is 12.5. The number of nitrogens with one attached hydrogen (secondary N) is 1. The van der Waals surface area contributed by atoms with Crippen molar-refractivity contribution in [2.24, 2.45) is 0 Å². The summed E-state index contributed by atoms with van der Waals surface area (Å²) in [5, 5.41) is 14.2. The Kier molecular flexibility index (Phi) is 4.72. The number of rotatable bonds is 4. The second-order valence-electron chi connectivity index (χ2n) is 6.03. The maximum Gasteiger partial charge on any atom is 0.433 e. The maximum atomic E-state index is 12.5. The molecule has 4 nitrogen and oxygen atoms in total. The fourth-order valence-corrected chi connectivity index (χ4v) is 3.49. The topological polar surface area (TPSA) is 62.2 Å². The Morgan fingerprint density at radius 2 is 1.96 bits per heavy atom. The van der Waals surface area contributed by atoms with Crippen LogP contribution in [0, 0.1) is 0 Å². The molecule has 3 rings (SSSR count). The minimum absolute atomic E-state index is 0.00913. The number of hydrogen-bond acceptors (Lipinski definition) is 4. The van der Waals surface area contributed by atoms with Gasteiger partial charge in [-0.15, -0.1) is 11.3 Å². The summed E-state index contributed by atoms with van der Waals surface area (Å²) in [6, 6.07) is 11.3. The molecule has 26 heavy (non-hydrogen) atoms. The lowest BCUT2D eigenvalue weighted by Gasteiger charge is -2.22. The molecule has 0 fully saturated rings. The zero-order valence-corrected chi connectivity index (χ0v) is 14.5. The van der Waals surface area contributed by atoms with Crippen molar-refractivity contribution in [2.45, 2.75) is 18.7 Å². The van der Waals surface area contributed by atoms with E-state index >= 15 is 0 Å². The molecule has 1 atom stereocenters. The lowest BCUT2D eigenvalue weighted by Crippen LogP contribution is -2.38. The van der Waals surface area contributed by atoms with Gasteiger partial charge in [-0.05, 0) is 36.6 Å². The number of carbonyl (C=O) groups is 1. The van der Waals surface area contributed by atoms with Crippen LogP contribution in [0.3, 0.4) is 0 Å². The summed E-state index contributed by atoms with van der Waals surface area (Å²) in [7, 11) is 0. The molecule has 0 saturated carbocycles. The number of aliphatic hydroxyl groups is 1. The van der Waals surface area contributed by atoms with E-state index in [-0.39, 0.29) is 12.1 Å². The largest absolute Gasteiger partial charge is 0.433 e. The lowest BCUT2D eigenvalue weighted by molar-refractivity contribution is -0.141. The summed E-state index contributed by atoms with van der Waals surface area (Å²) in [6.07, 6.45) is -3.69. The Hall–Kier alpha value is -2.45. The predicted molar refractivity (Wildman–Crippen MR) is 93.0 cm³/mol. The van der Waals surface area contributed by atoms with E-state index in [0.29, 0.717) is 4.88 Å². The fourth-order valence-electron chi connectivity index (χ4n) is 2.38. The van der Waals surface area contributed by atoms with Crippen LogP contribution < -0.4 is 5.32 Å². The Morgan fingerprint density at radius 1 is 1.23 bits per heavy atom. The van der Waals surface area contributed by atoms with Crippen LogP contribution in [0.4, 0.5) is 13.2 Å². The molecule has 0 radical (unpaired) electrons. The van der Waals surface area contributed by atoms with Gasteiger partial charge in [0.1, 0.15) is 11.3 Å². The van der Waals surface area contributed by atoms with Crippen molar-refractivity contribution in [3.8, 4) is 0 Å². The SMILES string of the molecule is C[C@](O)(CNC(=O)c1ccc(C(F)(F)F)nc1)c1cc2ccccc2s1. The first kappa shape index (κ1) is 18.3. The first-order valence-electron chi connectivity index (χ1n) is 7.70. The molecule has 1 amide bonds. The molecule has 2 N–H and O–H groups in total. The summed E-state index contributed by atoms with van der Waals surface area (Å²) >= 11 is 1.42. The number of amides is 1. The minimum atomic E-state index is -4.56. The number of nitrogens with zero attached hydrogens (tertiary/aromatic N) is 1. The molecule has 2 aromatic heterocycles. The molecule has 0 aliphatic rings. The van der Waals surface area contributed by atoms with E-state index in [2.05, 4.69) is 10.3 Å². The number of alkyl halides is 3. The third-order valence-electron chi connectivity index (χ3n) is 3.87. The highest BCUT2D eigenvalue weighted by molar-refractivity contribution is 7.19. The van der Waals surface area contributed by atoms with Gasteiger partial charge >= 0.3 is 6.18 Å². The number of hydrogen-bond donors (Lipinski definition) is 2. The summed E-state index contributed by atoms with van der Waals surface area (Å²) in [6.45, 7) is 1.49. The minimum Gasteiger partial charge on any atom is -0.383 e. The highest BCUT2D eigenvalue weighted by Gasteiger charge is 2.32. The molecular formula is C18H15F3N2O2S. The average Bonchev–Trinajstić information content (AvgIpc) is 3.04. The van der Waals surface area contributed by atoms with Crippen molar-refractivity contribution < 1.29 is 23.1 Å². The van der Waals surface area contributed by atoms with Gasteiger partial charge in [0.25, 0.3) is 5.91 Å². The molecule has 0 spiro atoms. The van der Waals surface area contributed by atoms with E-state index in [1.807, 2.05) is 30.3 Å². The van der Waals surface area contributed by atoms with Gasteiger partial charge in [0, 0.05) is 15.8 Å². The number of aromatic nitrogens is 1. The predicted octanol–water partition coefficient (Wildman–Crippen LogP) is 3.95. The standard InChI is InChI=1S/C18H15F3N2O2S/c1-17(25,15-8-11-4-2-3-5-13(11)26-15)10-23-16(24)12-6-7-14(22-9-12)18(19,20)21/h2-9,25H,10H2,1H3,(H,23,24)/t17-/m0/s1. The number of thiophene rings is 1. The van der Waals surface area contributed by atoms with Crippen LogP contribution in [0.2, 0.25) is 0 Å². The fraction of sp³-hybridized carbons (Fsp3) is 0.222. The lowest BCUT2D eigenvalue weighted by atomic mass is 10.0.